The van der Waals surface area contributed by atoms with Gasteiger partial charge in [-0.2, -0.15) is 0 Å². The number of amides is 1. The molecule has 2 aromatic carbocycles. The van der Waals surface area contributed by atoms with Crippen molar-refractivity contribution in [3.8, 4) is 5.75 Å². The maximum atomic E-state index is 12.3. The maximum Gasteiger partial charge on any atom is 0.339 e. The van der Waals surface area contributed by atoms with E-state index in [0.717, 1.165) is 27.5 Å². The molecule has 6 heteroatoms. The molecular formula is C22H20N2O4. The van der Waals surface area contributed by atoms with Gasteiger partial charge < -0.3 is 19.0 Å². The van der Waals surface area contributed by atoms with Crippen molar-refractivity contribution in [3.05, 3.63) is 70.2 Å². The first-order chi connectivity index (χ1) is 13.4. The van der Waals surface area contributed by atoms with Crippen LogP contribution in [0, 0.1) is 13.8 Å². The highest BCUT2D eigenvalue weighted by Gasteiger charge is 2.11. The van der Waals surface area contributed by atoms with E-state index in [1.807, 2.05) is 55.1 Å². The number of fused-ring (bicyclic) bond motifs is 2. The first-order valence-electron chi connectivity index (χ1n) is 8.95. The third kappa shape index (κ3) is 3.13. The SMILES string of the molecule is Cc1c(C)c2ccc(OCC(=O)Nc3cccc4c3ccn4C)cc2oc1=O. The van der Waals surface area contributed by atoms with Crippen LogP contribution in [0.25, 0.3) is 21.9 Å². The summed E-state index contributed by atoms with van der Waals surface area (Å²) in [5, 5.41) is 4.70. The van der Waals surface area contributed by atoms with Gasteiger partial charge in [-0.05, 0) is 49.7 Å². The summed E-state index contributed by atoms with van der Waals surface area (Å²) in [5.74, 6) is 0.199. The number of aryl methyl sites for hydroxylation is 2. The number of rotatable bonds is 4. The molecule has 0 saturated heterocycles. The number of hydrogen-bond acceptors (Lipinski definition) is 4. The average molecular weight is 376 g/mol. The zero-order valence-corrected chi connectivity index (χ0v) is 15.9. The largest absolute Gasteiger partial charge is 0.484 e. The highest BCUT2D eigenvalue weighted by atomic mass is 16.5. The van der Waals surface area contributed by atoms with E-state index in [4.69, 9.17) is 9.15 Å². The third-order valence-electron chi connectivity index (χ3n) is 5.00. The quantitative estimate of drug-likeness (QED) is 0.548. The molecule has 4 rings (SSSR count). The van der Waals surface area contributed by atoms with E-state index >= 15 is 0 Å². The number of nitrogens with one attached hydrogen (secondary N) is 1. The van der Waals surface area contributed by atoms with Crippen LogP contribution in [0.3, 0.4) is 0 Å². The number of benzene rings is 2. The molecule has 0 unspecified atom stereocenters. The predicted octanol–water partition coefficient (Wildman–Crippen LogP) is 3.92. The Hall–Kier alpha value is -3.54. The minimum atomic E-state index is -0.365. The zero-order chi connectivity index (χ0) is 19.8. The number of carbonyl (C=O) groups excluding carboxylic acids is 1. The Morgan fingerprint density at radius 1 is 1.11 bits per heavy atom. The molecule has 0 atom stereocenters. The van der Waals surface area contributed by atoms with Crippen LogP contribution in [-0.2, 0) is 11.8 Å². The maximum absolute atomic E-state index is 12.3. The standard InChI is InChI=1S/C22H20N2O4/c1-13-14(2)22(26)28-20-11-15(7-8-16(13)20)27-12-21(25)23-18-5-4-6-19-17(18)9-10-24(19)3/h4-11H,12H2,1-3H3,(H,23,25). The smallest absolute Gasteiger partial charge is 0.339 e. The molecule has 0 fully saturated rings. The van der Waals surface area contributed by atoms with E-state index in [-0.39, 0.29) is 18.1 Å². The van der Waals surface area contributed by atoms with Gasteiger partial charge in [-0.1, -0.05) is 6.07 Å². The van der Waals surface area contributed by atoms with Gasteiger partial charge in [0.05, 0.1) is 5.69 Å². The van der Waals surface area contributed by atoms with Gasteiger partial charge in [-0.3, -0.25) is 4.79 Å². The summed E-state index contributed by atoms with van der Waals surface area (Å²) in [6.07, 6.45) is 1.95. The van der Waals surface area contributed by atoms with Crippen molar-refractivity contribution in [1.82, 2.24) is 4.57 Å². The van der Waals surface area contributed by atoms with Crippen LogP contribution < -0.4 is 15.7 Å². The molecule has 4 aromatic rings. The van der Waals surface area contributed by atoms with Crippen molar-refractivity contribution in [1.29, 1.82) is 0 Å². The Morgan fingerprint density at radius 2 is 1.93 bits per heavy atom. The average Bonchev–Trinajstić information content (AvgIpc) is 3.06. The molecule has 0 radical (unpaired) electrons. The lowest BCUT2D eigenvalue weighted by atomic mass is 10.1. The van der Waals surface area contributed by atoms with Crippen LogP contribution in [0.5, 0.6) is 5.75 Å². The number of aromatic nitrogens is 1. The summed E-state index contributed by atoms with van der Waals surface area (Å²) in [6, 6.07) is 12.9. The lowest BCUT2D eigenvalue weighted by Crippen LogP contribution is -2.20. The molecule has 2 heterocycles. The molecule has 0 bridgehead atoms. The zero-order valence-electron chi connectivity index (χ0n) is 15.9. The van der Waals surface area contributed by atoms with E-state index in [1.54, 1.807) is 19.1 Å². The van der Waals surface area contributed by atoms with Crippen molar-refractivity contribution in [2.75, 3.05) is 11.9 Å². The van der Waals surface area contributed by atoms with Crippen LogP contribution in [0.2, 0.25) is 0 Å². The fourth-order valence-corrected chi connectivity index (χ4v) is 3.26. The Balaban J connectivity index is 1.50. The topological polar surface area (TPSA) is 73.5 Å². The number of ether oxygens (including phenoxy) is 1. The molecular weight excluding hydrogens is 356 g/mol. The minimum absolute atomic E-state index is 0.149. The molecule has 142 valence electrons. The molecule has 0 saturated carbocycles. The minimum Gasteiger partial charge on any atom is -0.484 e. The Bertz CT molecular complexity index is 1270. The van der Waals surface area contributed by atoms with Crippen molar-refractivity contribution < 1.29 is 13.9 Å². The van der Waals surface area contributed by atoms with Gasteiger partial charge >= 0.3 is 5.63 Å². The number of anilines is 1. The molecule has 2 aromatic heterocycles. The summed E-state index contributed by atoms with van der Waals surface area (Å²) in [7, 11) is 1.96. The molecule has 0 aliphatic rings. The summed E-state index contributed by atoms with van der Waals surface area (Å²) < 4.78 is 12.9. The van der Waals surface area contributed by atoms with E-state index in [1.165, 1.54) is 0 Å². The fourth-order valence-electron chi connectivity index (χ4n) is 3.26. The Morgan fingerprint density at radius 3 is 2.75 bits per heavy atom. The van der Waals surface area contributed by atoms with Gasteiger partial charge in [0.2, 0.25) is 0 Å². The second kappa shape index (κ2) is 6.88. The van der Waals surface area contributed by atoms with Crippen LogP contribution in [0.15, 0.2) is 57.9 Å². The van der Waals surface area contributed by atoms with E-state index in [0.29, 0.717) is 16.9 Å². The Kier molecular flexibility index (Phi) is 4.39. The normalized spacial score (nSPS) is 11.1. The van der Waals surface area contributed by atoms with E-state index in [9.17, 15) is 9.59 Å². The molecule has 28 heavy (non-hydrogen) atoms. The lowest BCUT2D eigenvalue weighted by Gasteiger charge is -2.10. The van der Waals surface area contributed by atoms with Crippen molar-refractivity contribution >= 4 is 33.5 Å². The highest BCUT2D eigenvalue weighted by molar-refractivity contribution is 6.02. The molecule has 0 aliphatic heterocycles. The fraction of sp³-hybridized carbons (Fsp3) is 0.182. The molecule has 1 amide bonds. The molecule has 1 N–H and O–H groups in total. The second-order valence-electron chi connectivity index (χ2n) is 6.80. The van der Waals surface area contributed by atoms with Gasteiger partial charge in [0.15, 0.2) is 6.61 Å². The van der Waals surface area contributed by atoms with Crippen molar-refractivity contribution in [3.63, 3.8) is 0 Å². The monoisotopic (exact) mass is 376 g/mol. The predicted molar refractivity (Wildman–Crippen MR) is 109 cm³/mol. The third-order valence-corrected chi connectivity index (χ3v) is 5.00. The van der Waals surface area contributed by atoms with Gasteiger partial charge in [0.1, 0.15) is 11.3 Å². The summed E-state index contributed by atoms with van der Waals surface area (Å²) >= 11 is 0. The molecule has 6 nitrogen and oxygen atoms in total. The molecule has 0 spiro atoms. The van der Waals surface area contributed by atoms with Gasteiger partial charge in [0.25, 0.3) is 5.91 Å². The van der Waals surface area contributed by atoms with Crippen molar-refractivity contribution in [2.24, 2.45) is 7.05 Å². The van der Waals surface area contributed by atoms with Crippen LogP contribution in [0.4, 0.5) is 5.69 Å². The first kappa shape index (κ1) is 17.9. The van der Waals surface area contributed by atoms with Gasteiger partial charge in [0, 0.05) is 41.2 Å². The number of carbonyl (C=O) groups is 1. The van der Waals surface area contributed by atoms with Crippen LogP contribution in [0.1, 0.15) is 11.1 Å². The summed E-state index contributed by atoms with van der Waals surface area (Å²) in [6.45, 7) is 3.47. The summed E-state index contributed by atoms with van der Waals surface area (Å²) in [4.78, 5) is 24.2. The van der Waals surface area contributed by atoms with Gasteiger partial charge in [-0.15, -0.1) is 0 Å². The molecule has 0 aliphatic carbocycles. The number of hydrogen-bond donors (Lipinski definition) is 1. The van der Waals surface area contributed by atoms with Crippen LogP contribution >= 0.6 is 0 Å². The number of nitrogens with zero attached hydrogens (tertiary/aromatic N) is 1. The highest BCUT2D eigenvalue weighted by Crippen LogP contribution is 2.25. The lowest BCUT2D eigenvalue weighted by molar-refractivity contribution is -0.118. The van der Waals surface area contributed by atoms with Gasteiger partial charge in [-0.25, -0.2) is 4.79 Å². The van der Waals surface area contributed by atoms with Crippen molar-refractivity contribution in [2.45, 2.75) is 13.8 Å². The van der Waals surface area contributed by atoms with E-state index < -0.39 is 0 Å². The summed E-state index contributed by atoms with van der Waals surface area (Å²) in [5.41, 5.74) is 3.33. The van der Waals surface area contributed by atoms with Crippen LogP contribution in [-0.4, -0.2) is 17.1 Å². The Labute approximate surface area is 161 Å². The first-order valence-corrected chi connectivity index (χ1v) is 8.95. The van der Waals surface area contributed by atoms with E-state index in [2.05, 4.69) is 5.32 Å². The second-order valence-corrected chi connectivity index (χ2v) is 6.80.